The molecule has 0 rings (SSSR count). The predicted octanol–water partition coefficient (Wildman–Crippen LogP) is -0.238. The smallest absolute Gasteiger partial charge is 0 e. The van der Waals surface area contributed by atoms with E-state index in [1.54, 1.807) is 0 Å². The first-order valence-electron chi connectivity index (χ1n) is 0.408. The third-order valence-electron chi connectivity index (χ3n) is 0. The first kappa shape index (κ1) is 9.58. The van der Waals surface area contributed by atoms with Gasteiger partial charge in [0.15, 0.2) is 0 Å². The molecule has 0 saturated heterocycles. The van der Waals surface area contributed by atoms with Gasteiger partial charge in [-0.15, -0.1) is 0 Å². The summed E-state index contributed by atoms with van der Waals surface area (Å²) in [7, 11) is 0. The molecular weight excluding hydrogens is 322 g/mol. The van der Waals surface area contributed by atoms with E-state index in [-0.39, 0.29) is 40.4 Å². The summed E-state index contributed by atoms with van der Waals surface area (Å²) < 4.78 is 17.1. The van der Waals surface area contributed by atoms with Crippen molar-refractivity contribution >= 4 is 0 Å². The van der Waals surface area contributed by atoms with E-state index >= 15 is 0 Å². The Morgan fingerprint density at radius 1 is 1.25 bits per heavy atom. The molecule has 0 unspecified atom stereocenters. The molecule has 0 bridgehead atoms. The van der Waals surface area contributed by atoms with Gasteiger partial charge in [-0.1, -0.05) is 0 Å². The van der Waals surface area contributed by atoms with E-state index in [0.29, 0.717) is 0 Å². The molecule has 22 valence electrons. The first-order valence-corrected chi connectivity index (χ1v) is 2.97. The monoisotopic (exact) mass is 324 g/mol. The number of hydrogen-bond acceptors (Lipinski definition) is 2. The molecular formula is CeO2Sm. The molecule has 0 amide bonds. The van der Waals surface area contributed by atoms with Gasteiger partial charge < -0.3 is 0 Å². The third kappa shape index (κ3) is 8.85. The number of rotatable bonds is 0. The van der Waals surface area contributed by atoms with E-state index in [1.807, 2.05) is 0 Å². The van der Waals surface area contributed by atoms with Crippen molar-refractivity contribution in [3.63, 3.8) is 0 Å². The summed E-state index contributed by atoms with van der Waals surface area (Å²) in [5.41, 5.74) is 0. The van der Waals surface area contributed by atoms with Gasteiger partial charge in [0, 0.05) is 40.4 Å². The Hall–Kier alpha value is 2.31. The minimum absolute atomic E-state index is 0. The second-order valence-electron chi connectivity index (χ2n) is 0.0833. The maximum Gasteiger partial charge on any atom is 0 e. The van der Waals surface area contributed by atoms with Crippen LogP contribution in [0.25, 0.3) is 0 Å². The van der Waals surface area contributed by atoms with Crippen molar-refractivity contribution in [3.8, 4) is 0 Å². The van der Waals surface area contributed by atoms with E-state index in [4.69, 9.17) is 1.88 Å². The number of hydrogen-bond donors (Lipinski definition) is 0. The van der Waals surface area contributed by atoms with E-state index in [9.17, 15) is 0 Å². The Labute approximate surface area is 77.8 Å². The van der Waals surface area contributed by atoms with E-state index in [2.05, 4.69) is 0 Å². The summed E-state index contributed by atoms with van der Waals surface area (Å²) in [6.45, 7) is 0. The second kappa shape index (κ2) is 9.00. The standard InChI is InChI=1S/Ce.2O.Sm. The summed E-state index contributed by atoms with van der Waals surface area (Å²) in [4.78, 5) is 0. The average molecular weight is 322 g/mol. The molecule has 4 heavy (non-hydrogen) atoms. The van der Waals surface area contributed by atoms with Crippen LogP contribution in [0, 0.1) is 78.2 Å². The quantitative estimate of drug-likeness (QED) is 0.617. The third-order valence-corrected chi connectivity index (χ3v) is 0. The summed E-state index contributed by atoms with van der Waals surface area (Å²) in [6.07, 6.45) is 0. The Morgan fingerprint density at radius 3 is 1.25 bits per heavy atom. The molecule has 4 heteroatoms. The van der Waals surface area contributed by atoms with Crippen LogP contribution < -0.4 is 0 Å². The summed E-state index contributed by atoms with van der Waals surface area (Å²) in [5.74, 6) is 0. The van der Waals surface area contributed by atoms with Crippen LogP contribution in [-0.4, -0.2) is 0 Å². The molecule has 0 saturated carbocycles. The SMILES string of the molecule is [O]=[Ce]=[O].[Sm]. The van der Waals surface area contributed by atoms with Crippen LogP contribution in [0.5, 0.6) is 0 Å². The average Bonchev–Trinajstić information content (AvgIpc) is 0.918. The van der Waals surface area contributed by atoms with Crippen LogP contribution in [0.3, 0.4) is 0 Å². The maximum absolute atomic E-state index is 8.57. The molecule has 0 aromatic rings. The van der Waals surface area contributed by atoms with Gasteiger partial charge in [-0.2, -0.15) is 0 Å². The van der Waals surface area contributed by atoms with Crippen LogP contribution in [0.4, 0.5) is 0 Å². The van der Waals surface area contributed by atoms with Gasteiger partial charge >= 0.3 is 39.7 Å². The molecule has 0 aromatic heterocycles. The van der Waals surface area contributed by atoms with Crippen molar-refractivity contribution in [1.82, 2.24) is 0 Å². The molecule has 0 heterocycles. The molecule has 0 aliphatic rings. The molecule has 0 N–H and O–H groups in total. The molecule has 0 aliphatic carbocycles. The first-order chi connectivity index (χ1) is 1.41. The normalized spacial score (nSPS) is 2.00. The van der Waals surface area contributed by atoms with E-state index in [1.165, 1.54) is 0 Å². The zero-order chi connectivity index (χ0) is 2.71. The fraction of sp³-hybridized carbons (Fsp3) is 0. The minimum atomic E-state index is -2.42. The molecule has 0 atom stereocenters. The van der Waals surface area contributed by atoms with E-state index in [0.717, 1.165) is 0 Å². The van der Waals surface area contributed by atoms with Gasteiger partial charge in [0.05, 0.1) is 0 Å². The van der Waals surface area contributed by atoms with Gasteiger partial charge in [0.1, 0.15) is 0 Å². The van der Waals surface area contributed by atoms with Crippen LogP contribution >= 0.6 is 0 Å². The van der Waals surface area contributed by atoms with Crippen LogP contribution in [0.15, 0.2) is 0 Å². The van der Waals surface area contributed by atoms with Crippen molar-refractivity contribution in [2.45, 2.75) is 0 Å². The molecule has 0 spiro atoms. The van der Waals surface area contributed by atoms with Gasteiger partial charge in [-0.05, 0) is 0 Å². The molecule has 2 nitrogen and oxygen atoms in total. The van der Waals surface area contributed by atoms with Crippen LogP contribution in [0.2, 0.25) is 0 Å². The van der Waals surface area contributed by atoms with Crippen LogP contribution in [-0.2, 0) is 1.88 Å². The van der Waals surface area contributed by atoms with Crippen molar-refractivity contribution in [3.05, 3.63) is 0 Å². The van der Waals surface area contributed by atoms with Crippen LogP contribution in [0.1, 0.15) is 0 Å². The van der Waals surface area contributed by atoms with Gasteiger partial charge in [0.2, 0.25) is 0 Å². The molecule has 0 aromatic carbocycles. The molecule has 0 radical (unpaired) electrons. The Bertz CT molecular complexity index is 27.0. The summed E-state index contributed by atoms with van der Waals surface area (Å²) in [5, 5.41) is 0. The fourth-order valence-electron chi connectivity index (χ4n) is 0. The van der Waals surface area contributed by atoms with Gasteiger partial charge in [-0.3, -0.25) is 0 Å². The second-order valence-corrected chi connectivity index (χ2v) is 0.607. The Balaban J connectivity index is 0. The topological polar surface area (TPSA) is 34.1 Å². The molecule has 0 fully saturated rings. The Kier molecular flexibility index (Phi) is 21.6. The maximum atomic E-state index is 8.57. The largest absolute Gasteiger partial charge is 0 e. The van der Waals surface area contributed by atoms with E-state index < -0.39 is 37.8 Å². The summed E-state index contributed by atoms with van der Waals surface area (Å²) in [6, 6.07) is 0. The van der Waals surface area contributed by atoms with Crippen molar-refractivity contribution < 1.29 is 80.1 Å². The van der Waals surface area contributed by atoms with Crippen molar-refractivity contribution in [2.75, 3.05) is 0 Å². The van der Waals surface area contributed by atoms with Gasteiger partial charge in [-0.25, -0.2) is 0 Å². The minimum Gasteiger partial charge on any atom is 0 e. The zero-order valence-electron chi connectivity index (χ0n) is 1.72. The van der Waals surface area contributed by atoms with Crippen molar-refractivity contribution in [2.24, 2.45) is 0 Å². The fourth-order valence-corrected chi connectivity index (χ4v) is 0. The zero-order valence-corrected chi connectivity index (χ0v) is 7.48. The predicted molar refractivity (Wildman–Crippen MR) is 1.37 cm³/mol. The molecule has 0 aliphatic heterocycles. The Morgan fingerprint density at radius 2 is 1.25 bits per heavy atom. The van der Waals surface area contributed by atoms with Crippen molar-refractivity contribution in [1.29, 1.82) is 0 Å². The summed E-state index contributed by atoms with van der Waals surface area (Å²) >= 11 is -2.42. The van der Waals surface area contributed by atoms with Gasteiger partial charge in [0.25, 0.3) is 0 Å².